The van der Waals surface area contributed by atoms with Crippen molar-refractivity contribution >= 4 is 49.3 Å². The van der Waals surface area contributed by atoms with Crippen molar-refractivity contribution in [3.63, 3.8) is 0 Å². The van der Waals surface area contributed by atoms with Gasteiger partial charge in [-0.1, -0.05) is 55.9 Å². The van der Waals surface area contributed by atoms with E-state index >= 15 is 0 Å². The van der Waals surface area contributed by atoms with Crippen LogP contribution in [-0.4, -0.2) is 34.3 Å². The van der Waals surface area contributed by atoms with Crippen LogP contribution in [0.25, 0.3) is 20.4 Å². The Kier molecular flexibility index (Phi) is 6.44. The van der Waals surface area contributed by atoms with Crippen LogP contribution in [0.5, 0.6) is 0 Å². The first kappa shape index (κ1) is 23.2. The number of piperidine rings is 1. The molecule has 0 saturated carbocycles. The van der Waals surface area contributed by atoms with Crippen LogP contribution in [-0.2, 0) is 25.7 Å². The Labute approximate surface area is 216 Å². The van der Waals surface area contributed by atoms with Crippen molar-refractivity contribution in [2.24, 2.45) is 11.8 Å². The molecule has 1 fully saturated rings. The second kappa shape index (κ2) is 9.70. The lowest BCUT2D eigenvalue weighted by Gasteiger charge is -2.33. The third kappa shape index (κ3) is 4.44. The van der Waals surface area contributed by atoms with Crippen LogP contribution < -0.4 is 4.90 Å². The molecule has 1 aromatic carbocycles. The van der Waals surface area contributed by atoms with Gasteiger partial charge in [0.25, 0.3) is 0 Å². The molecule has 0 N–H and O–H groups in total. The highest BCUT2D eigenvalue weighted by Gasteiger charge is 2.28. The monoisotopic (exact) mass is 502 g/mol. The highest BCUT2D eigenvalue weighted by molar-refractivity contribution is 7.98. The van der Waals surface area contributed by atoms with E-state index in [1.54, 1.807) is 11.8 Å². The van der Waals surface area contributed by atoms with Crippen LogP contribution >= 0.6 is 23.1 Å². The minimum atomic E-state index is 0.620. The first-order valence-electron chi connectivity index (χ1n) is 13.1. The van der Waals surface area contributed by atoms with Gasteiger partial charge in [-0.2, -0.15) is 0 Å². The number of anilines is 1. The summed E-state index contributed by atoms with van der Waals surface area (Å²) < 4.78 is 1.24. The van der Waals surface area contributed by atoms with Gasteiger partial charge < -0.3 is 4.90 Å². The van der Waals surface area contributed by atoms with E-state index in [2.05, 4.69) is 55.3 Å². The van der Waals surface area contributed by atoms with E-state index in [-0.39, 0.29) is 0 Å². The third-order valence-corrected chi connectivity index (χ3v) is 9.26. The maximum atomic E-state index is 5.25. The zero-order valence-corrected chi connectivity index (χ0v) is 22.6. The summed E-state index contributed by atoms with van der Waals surface area (Å²) in [7, 11) is 0. The highest BCUT2D eigenvalue weighted by Crippen LogP contribution is 2.43. The Morgan fingerprint density at radius 2 is 1.80 bits per heavy atom. The number of pyridine rings is 1. The molecule has 4 heterocycles. The van der Waals surface area contributed by atoms with Gasteiger partial charge in [0.15, 0.2) is 11.0 Å². The lowest BCUT2D eigenvalue weighted by Crippen LogP contribution is -2.35. The number of nitrogens with zero attached hydrogens (tertiary/aromatic N) is 4. The summed E-state index contributed by atoms with van der Waals surface area (Å²) in [5, 5.41) is 2.21. The molecule has 0 spiro atoms. The van der Waals surface area contributed by atoms with Crippen LogP contribution in [0, 0.1) is 11.8 Å². The Morgan fingerprint density at radius 3 is 2.54 bits per heavy atom. The van der Waals surface area contributed by atoms with Crippen molar-refractivity contribution in [2.75, 3.05) is 24.2 Å². The van der Waals surface area contributed by atoms with Crippen LogP contribution in [0.3, 0.4) is 0 Å². The van der Waals surface area contributed by atoms with E-state index in [4.69, 9.17) is 15.0 Å². The Bertz CT molecular complexity index is 1350. The normalized spacial score (nSPS) is 16.6. The predicted molar refractivity (Wildman–Crippen MR) is 150 cm³/mol. The zero-order chi connectivity index (χ0) is 23.9. The molecule has 1 aliphatic carbocycles. The van der Waals surface area contributed by atoms with E-state index in [0.29, 0.717) is 5.92 Å². The number of aryl methyl sites for hydroxylation is 1. The van der Waals surface area contributed by atoms with Crippen molar-refractivity contribution in [1.29, 1.82) is 0 Å². The number of rotatable bonds is 6. The van der Waals surface area contributed by atoms with Gasteiger partial charge in [0.1, 0.15) is 4.83 Å². The minimum Gasteiger partial charge on any atom is -0.355 e. The molecular formula is C29H34N4S2. The Morgan fingerprint density at radius 1 is 1.03 bits per heavy atom. The van der Waals surface area contributed by atoms with E-state index in [0.717, 1.165) is 48.3 Å². The lowest BCUT2D eigenvalue weighted by molar-refractivity contribution is 0.402. The molecule has 0 atom stereocenters. The molecule has 6 heteroatoms. The Balaban J connectivity index is 1.37. The number of hydrogen-bond acceptors (Lipinski definition) is 6. The molecule has 0 amide bonds. The van der Waals surface area contributed by atoms with Crippen LogP contribution in [0.1, 0.15) is 55.5 Å². The average Bonchev–Trinajstić information content (AvgIpc) is 3.49. The number of thioether (sulfide) groups is 1. The van der Waals surface area contributed by atoms with Gasteiger partial charge in [-0.15, -0.1) is 11.3 Å². The van der Waals surface area contributed by atoms with Crippen molar-refractivity contribution < 1.29 is 0 Å². The maximum Gasteiger partial charge on any atom is 0.189 e. The molecule has 2 aliphatic rings. The Hall–Kier alpha value is -2.18. The quantitative estimate of drug-likeness (QED) is 0.208. The molecule has 6 rings (SSSR count). The summed E-state index contributed by atoms with van der Waals surface area (Å²) in [6.45, 7) is 6.73. The molecular weight excluding hydrogens is 468 g/mol. The van der Waals surface area contributed by atoms with Gasteiger partial charge in [-0.25, -0.2) is 15.0 Å². The minimum absolute atomic E-state index is 0.620. The van der Waals surface area contributed by atoms with Gasteiger partial charge >= 0.3 is 0 Å². The molecule has 0 unspecified atom stereocenters. The van der Waals surface area contributed by atoms with E-state index < -0.39 is 0 Å². The van der Waals surface area contributed by atoms with Crippen LogP contribution in [0.4, 0.5) is 5.82 Å². The first-order chi connectivity index (χ1) is 17.1. The summed E-state index contributed by atoms with van der Waals surface area (Å²) in [6, 6.07) is 11.0. The summed E-state index contributed by atoms with van der Waals surface area (Å²) in [6.07, 6.45) is 10.3. The second-order valence-electron chi connectivity index (χ2n) is 10.6. The van der Waals surface area contributed by atoms with Gasteiger partial charge in [0.2, 0.25) is 0 Å². The number of aromatic nitrogens is 3. The number of thiophene rings is 1. The van der Waals surface area contributed by atoms with E-state index in [9.17, 15) is 0 Å². The maximum absolute atomic E-state index is 5.25. The molecule has 182 valence electrons. The summed E-state index contributed by atoms with van der Waals surface area (Å²) in [5.41, 5.74) is 6.97. The summed E-state index contributed by atoms with van der Waals surface area (Å²) in [4.78, 5) is 19.1. The van der Waals surface area contributed by atoms with Crippen LogP contribution in [0.15, 0.2) is 35.5 Å². The van der Waals surface area contributed by atoms with Crippen molar-refractivity contribution in [3.8, 4) is 0 Å². The molecule has 1 aliphatic heterocycles. The first-order valence-corrected chi connectivity index (χ1v) is 15.1. The molecule has 0 bridgehead atoms. The fourth-order valence-corrected chi connectivity index (χ4v) is 7.51. The summed E-state index contributed by atoms with van der Waals surface area (Å²) >= 11 is 3.48. The third-order valence-electron chi connectivity index (χ3n) is 7.65. The molecule has 4 nitrogen and oxygen atoms in total. The fraction of sp³-hybridized carbons (Fsp3) is 0.483. The van der Waals surface area contributed by atoms with Crippen molar-refractivity contribution in [3.05, 3.63) is 52.7 Å². The lowest BCUT2D eigenvalue weighted by atomic mass is 9.90. The van der Waals surface area contributed by atoms with Gasteiger partial charge in [-0.3, -0.25) is 0 Å². The molecule has 35 heavy (non-hydrogen) atoms. The molecule has 1 saturated heterocycles. The van der Waals surface area contributed by atoms with Gasteiger partial charge in [0.05, 0.1) is 10.2 Å². The molecule has 4 aromatic rings. The molecule has 3 aromatic heterocycles. The topological polar surface area (TPSA) is 41.9 Å². The smallest absolute Gasteiger partial charge is 0.189 e. The average molecular weight is 503 g/mol. The van der Waals surface area contributed by atoms with Crippen molar-refractivity contribution in [2.45, 2.75) is 63.9 Å². The number of hydrogen-bond donors (Lipinski definition) is 0. The number of fused-ring (bicyclic) bond motifs is 5. The van der Waals surface area contributed by atoms with Crippen LogP contribution in [0.2, 0.25) is 0 Å². The molecule has 0 radical (unpaired) electrons. The summed E-state index contributed by atoms with van der Waals surface area (Å²) in [5.74, 6) is 2.50. The van der Waals surface area contributed by atoms with E-state index in [1.165, 1.54) is 69.4 Å². The second-order valence-corrected chi connectivity index (χ2v) is 12.4. The fourth-order valence-electron chi connectivity index (χ4n) is 5.97. The number of benzene rings is 1. The van der Waals surface area contributed by atoms with Gasteiger partial charge in [-0.05, 0) is 79.7 Å². The predicted octanol–water partition coefficient (Wildman–Crippen LogP) is 7.11. The highest BCUT2D eigenvalue weighted by atomic mass is 32.2. The SMILES string of the molecule is CSc1nc(N2CCC(Cc3ccccc3)CC2)c2sc3nc(CC(C)C)c4c(c3c2n1)CCC4. The standard InChI is InChI=1S/C29H34N4S2/c1-18(2)16-23-21-10-7-11-22(21)24-25-26(35-28(24)30-23)27(32-29(31-25)34-3)33-14-12-20(13-15-33)17-19-8-5-4-6-9-19/h4-6,8-9,18,20H,7,10-17H2,1-3H3. The van der Waals surface area contributed by atoms with Crippen molar-refractivity contribution in [1.82, 2.24) is 15.0 Å². The zero-order valence-electron chi connectivity index (χ0n) is 21.0. The van der Waals surface area contributed by atoms with Gasteiger partial charge in [0, 0.05) is 24.2 Å². The largest absolute Gasteiger partial charge is 0.355 e. The van der Waals surface area contributed by atoms with E-state index in [1.807, 2.05) is 11.3 Å².